The molecule has 2 aromatic rings. The number of nitrogens with zero attached hydrogens (tertiary/aromatic N) is 1. The molecule has 0 unspecified atom stereocenters. The van der Waals surface area contributed by atoms with Gasteiger partial charge in [0.25, 0.3) is 10.0 Å². The third-order valence-electron chi connectivity index (χ3n) is 3.42. The first-order valence-electron chi connectivity index (χ1n) is 6.96. The van der Waals surface area contributed by atoms with Crippen molar-refractivity contribution in [1.82, 2.24) is 0 Å². The van der Waals surface area contributed by atoms with Crippen LogP contribution in [-0.4, -0.2) is 28.5 Å². The van der Waals surface area contributed by atoms with Crippen LogP contribution in [0.25, 0.3) is 0 Å². The second-order valence-corrected chi connectivity index (χ2v) is 7.09. The monoisotopic (exact) mass is 368 g/mol. The smallest absolute Gasteiger partial charge is 0.262 e. The van der Waals surface area contributed by atoms with Gasteiger partial charge in [0.2, 0.25) is 5.91 Å². The first-order chi connectivity index (χ1) is 11.3. The van der Waals surface area contributed by atoms with Gasteiger partial charge in [-0.2, -0.15) is 0 Å². The molecule has 2 aromatic carbocycles. The Balaban J connectivity index is 2.40. The molecule has 8 heteroatoms. The molecule has 0 spiro atoms. The summed E-state index contributed by atoms with van der Waals surface area (Å²) in [5, 5.41) is 0.189. The SMILES string of the molecule is COc1ccc(S(=O)(=O)Nc2ccccc2N(C)C(C)=O)cc1Cl. The number of methoxy groups -OCH3 is 1. The highest BCUT2D eigenvalue weighted by Gasteiger charge is 2.19. The van der Waals surface area contributed by atoms with Crippen LogP contribution in [0.5, 0.6) is 5.75 Å². The Morgan fingerprint density at radius 1 is 1.21 bits per heavy atom. The van der Waals surface area contributed by atoms with Gasteiger partial charge in [-0.1, -0.05) is 23.7 Å². The van der Waals surface area contributed by atoms with Crippen molar-refractivity contribution < 1.29 is 17.9 Å². The topological polar surface area (TPSA) is 75.7 Å². The Bertz CT molecular complexity index is 868. The summed E-state index contributed by atoms with van der Waals surface area (Å²) >= 11 is 5.99. The van der Waals surface area contributed by atoms with Gasteiger partial charge in [0.15, 0.2) is 0 Å². The maximum Gasteiger partial charge on any atom is 0.262 e. The zero-order valence-electron chi connectivity index (χ0n) is 13.4. The molecule has 0 aliphatic rings. The molecule has 2 rings (SSSR count). The molecule has 0 bridgehead atoms. The van der Waals surface area contributed by atoms with Crippen molar-refractivity contribution in [2.75, 3.05) is 23.8 Å². The van der Waals surface area contributed by atoms with Crippen LogP contribution in [0.15, 0.2) is 47.4 Å². The molecule has 0 saturated heterocycles. The number of halogens is 1. The van der Waals surface area contributed by atoms with E-state index in [9.17, 15) is 13.2 Å². The lowest BCUT2D eigenvalue weighted by Crippen LogP contribution is -2.25. The molecule has 128 valence electrons. The Labute approximate surface area is 146 Å². The Kier molecular flexibility index (Phi) is 5.36. The van der Waals surface area contributed by atoms with E-state index < -0.39 is 10.0 Å². The Hall–Kier alpha value is -2.25. The lowest BCUT2D eigenvalue weighted by molar-refractivity contribution is -0.116. The van der Waals surface area contributed by atoms with Crippen molar-refractivity contribution in [2.24, 2.45) is 0 Å². The van der Waals surface area contributed by atoms with Crippen LogP contribution in [0.1, 0.15) is 6.92 Å². The number of anilines is 2. The number of benzene rings is 2. The second-order valence-electron chi connectivity index (χ2n) is 5.00. The molecule has 0 atom stereocenters. The van der Waals surface area contributed by atoms with Crippen LogP contribution in [0.3, 0.4) is 0 Å². The number of hydrogen-bond acceptors (Lipinski definition) is 4. The van der Waals surface area contributed by atoms with Gasteiger partial charge >= 0.3 is 0 Å². The highest BCUT2D eigenvalue weighted by molar-refractivity contribution is 7.92. The van der Waals surface area contributed by atoms with E-state index in [-0.39, 0.29) is 15.8 Å². The number of amides is 1. The largest absolute Gasteiger partial charge is 0.495 e. The molecule has 0 aliphatic carbocycles. The highest BCUT2D eigenvalue weighted by atomic mass is 35.5. The summed E-state index contributed by atoms with van der Waals surface area (Å²) < 4.78 is 32.7. The summed E-state index contributed by atoms with van der Waals surface area (Å²) in [4.78, 5) is 12.9. The summed E-state index contributed by atoms with van der Waals surface area (Å²) in [5.41, 5.74) is 0.746. The maximum atomic E-state index is 12.6. The molecule has 1 N–H and O–H groups in total. The van der Waals surface area contributed by atoms with Crippen LogP contribution in [0.2, 0.25) is 5.02 Å². The van der Waals surface area contributed by atoms with Gasteiger partial charge in [-0.15, -0.1) is 0 Å². The van der Waals surface area contributed by atoms with Crippen LogP contribution < -0.4 is 14.4 Å². The molecule has 0 fully saturated rings. The van der Waals surface area contributed by atoms with Crippen molar-refractivity contribution in [3.63, 3.8) is 0 Å². The fourth-order valence-electron chi connectivity index (χ4n) is 2.04. The van der Waals surface area contributed by atoms with Gasteiger partial charge in [0.1, 0.15) is 5.75 Å². The van der Waals surface area contributed by atoms with Gasteiger partial charge < -0.3 is 9.64 Å². The van der Waals surface area contributed by atoms with E-state index in [0.717, 1.165) is 0 Å². The van der Waals surface area contributed by atoms with Crippen molar-refractivity contribution in [2.45, 2.75) is 11.8 Å². The predicted octanol–water partition coefficient (Wildman–Crippen LogP) is 3.13. The summed E-state index contributed by atoms with van der Waals surface area (Å²) in [6.07, 6.45) is 0. The standard InChI is InChI=1S/C16H17ClN2O4S/c1-11(20)19(2)15-7-5-4-6-14(15)18-24(21,22)12-8-9-16(23-3)13(17)10-12/h4-10,18H,1-3H3. The fraction of sp³-hybridized carbons (Fsp3) is 0.188. The minimum Gasteiger partial charge on any atom is -0.495 e. The Morgan fingerprint density at radius 3 is 2.46 bits per heavy atom. The van der Waals surface area contributed by atoms with E-state index in [1.54, 1.807) is 31.3 Å². The van der Waals surface area contributed by atoms with Gasteiger partial charge in [0, 0.05) is 14.0 Å². The molecule has 0 radical (unpaired) electrons. The summed E-state index contributed by atoms with van der Waals surface area (Å²) in [6.45, 7) is 1.40. The first kappa shape index (κ1) is 18.1. The fourth-order valence-corrected chi connectivity index (χ4v) is 3.46. The van der Waals surface area contributed by atoms with Gasteiger partial charge in [-0.3, -0.25) is 9.52 Å². The van der Waals surface area contributed by atoms with Crippen LogP contribution in [0.4, 0.5) is 11.4 Å². The highest BCUT2D eigenvalue weighted by Crippen LogP contribution is 2.30. The first-order valence-corrected chi connectivity index (χ1v) is 8.82. The molecule has 0 heterocycles. The summed E-state index contributed by atoms with van der Waals surface area (Å²) in [7, 11) is -0.855. The van der Waals surface area contributed by atoms with Gasteiger partial charge in [0.05, 0.1) is 28.4 Å². The van der Waals surface area contributed by atoms with Crippen LogP contribution >= 0.6 is 11.6 Å². The maximum absolute atomic E-state index is 12.6. The quantitative estimate of drug-likeness (QED) is 0.879. The number of carbonyl (C=O) groups is 1. The van der Waals surface area contributed by atoms with Crippen LogP contribution in [0, 0.1) is 0 Å². The minimum atomic E-state index is -3.87. The average molecular weight is 369 g/mol. The lowest BCUT2D eigenvalue weighted by Gasteiger charge is -2.20. The minimum absolute atomic E-state index is 0.00594. The number of hydrogen-bond donors (Lipinski definition) is 1. The van der Waals surface area contributed by atoms with Gasteiger partial charge in [-0.05, 0) is 30.3 Å². The van der Waals surface area contributed by atoms with Gasteiger partial charge in [-0.25, -0.2) is 8.42 Å². The second kappa shape index (κ2) is 7.11. The third-order valence-corrected chi connectivity index (χ3v) is 5.07. The molecule has 24 heavy (non-hydrogen) atoms. The number of nitrogens with one attached hydrogen (secondary N) is 1. The van der Waals surface area contributed by atoms with Crippen LogP contribution in [-0.2, 0) is 14.8 Å². The van der Waals surface area contributed by atoms with Crippen molar-refractivity contribution in [3.05, 3.63) is 47.5 Å². The average Bonchev–Trinajstić information content (AvgIpc) is 2.54. The molecular formula is C16H17ClN2O4S. The van der Waals surface area contributed by atoms with E-state index in [1.807, 2.05) is 0 Å². The molecule has 0 aromatic heterocycles. The number of sulfonamides is 1. The zero-order chi connectivity index (χ0) is 17.9. The molecular weight excluding hydrogens is 352 g/mol. The van der Waals surface area contributed by atoms with E-state index in [4.69, 9.17) is 16.3 Å². The molecule has 0 saturated carbocycles. The predicted molar refractivity (Wildman–Crippen MR) is 94.3 cm³/mol. The van der Waals surface area contributed by atoms with E-state index in [2.05, 4.69) is 4.72 Å². The summed E-state index contributed by atoms with van der Waals surface area (Å²) in [5.74, 6) is 0.168. The zero-order valence-corrected chi connectivity index (χ0v) is 15.0. The lowest BCUT2D eigenvalue weighted by atomic mass is 10.2. The third kappa shape index (κ3) is 3.80. The van der Waals surface area contributed by atoms with Crippen molar-refractivity contribution >= 4 is 38.9 Å². The number of carbonyl (C=O) groups excluding carboxylic acids is 1. The van der Waals surface area contributed by atoms with E-state index in [1.165, 1.54) is 37.1 Å². The number of para-hydroxylation sites is 2. The number of ether oxygens (including phenoxy) is 1. The number of rotatable bonds is 5. The summed E-state index contributed by atoms with van der Waals surface area (Å²) in [6, 6.07) is 10.8. The van der Waals surface area contributed by atoms with Crippen molar-refractivity contribution in [3.8, 4) is 5.75 Å². The van der Waals surface area contributed by atoms with E-state index >= 15 is 0 Å². The molecule has 0 aliphatic heterocycles. The van der Waals surface area contributed by atoms with Crippen molar-refractivity contribution in [1.29, 1.82) is 0 Å². The van der Waals surface area contributed by atoms with E-state index in [0.29, 0.717) is 17.1 Å². The molecule has 6 nitrogen and oxygen atoms in total. The Morgan fingerprint density at radius 2 is 1.88 bits per heavy atom. The molecule has 1 amide bonds. The normalized spacial score (nSPS) is 11.0.